The molecular formula is C10H21NO2. The average molecular weight is 187 g/mol. The molecule has 3 nitrogen and oxygen atoms in total. The van der Waals surface area contributed by atoms with Gasteiger partial charge in [0.15, 0.2) is 0 Å². The van der Waals surface area contributed by atoms with Gasteiger partial charge in [-0.2, -0.15) is 0 Å². The molecule has 3 heteroatoms. The van der Waals surface area contributed by atoms with Gasteiger partial charge in [0.2, 0.25) is 0 Å². The number of hydrogen-bond acceptors (Lipinski definition) is 3. The summed E-state index contributed by atoms with van der Waals surface area (Å²) in [6, 6.07) is 0. The number of methoxy groups -OCH3 is 1. The lowest BCUT2D eigenvalue weighted by atomic mass is 9.99. The molecule has 0 unspecified atom stereocenters. The highest BCUT2D eigenvalue weighted by molar-refractivity contribution is 4.67. The number of hydrogen-bond donors (Lipinski definition) is 1. The molecule has 0 saturated carbocycles. The maximum Gasteiger partial charge on any atom is 0.0495 e. The lowest BCUT2D eigenvalue weighted by molar-refractivity contribution is 0.0703. The van der Waals surface area contributed by atoms with Crippen LogP contribution in [0.4, 0.5) is 0 Å². The van der Waals surface area contributed by atoms with Gasteiger partial charge in [0.05, 0.1) is 0 Å². The van der Waals surface area contributed by atoms with E-state index in [-0.39, 0.29) is 0 Å². The van der Waals surface area contributed by atoms with Crippen LogP contribution in [0.25, 0.3) is 0 Å². The van der Waals surface area contributed by atoms with Crippen molar-refractivity contribution in [2.75, 3.05) is 40.0 Å². The second kappa shape index (κ2) is 7.30. The molecule has 0 amide bonds. The van der Waals surface area contributed by atoms with Crippen LogP contribution in [0.5, 0.6) is 0 Å². The van der Waals surface area contributed by atoms with Gasteiger partial charge in [-0.3, -0.25) is 0 Å². The number of piperidine rings is 1. The zero-order valence-corrected chi connectivity index (χ0v) is 8.55. The quantitative estimate of drug-likeness (QED) is 0.630. The van der Waals surface area contributed by atoms with Crippen LogP contribution in [0.1, 0.15) is 19.3 Å². The van der Waals surface area contributed by atoms with Gasteiger partial charge in [-0.15, -0.1) is 0 Å². The van der Waals surface area contributed by atoms with Crippen LogP contribution in [0, 0.1) is 5.92 Å². The first-order chi connectivity index (χ1) is 6.43. The predicted molar refractivity (Wildman–Crippen MR) is 52.9 cm³/mol. The standard InChI is InChI=1S/C10H21NO2/c1-12-7-2-8-13-9-10-3-5-11-6-4-10/h10-11H,2-9H2,1H3. The summed E-state index contributed by atoms with van der Waals surface area (Å²) < 4.78 is 10.5. The summed E-state index contributed by atoms with van der Waals surface area (Å²) in [6.07, 6.45) is 3.55. The second-order valence-corrected chi connectivity index (χ2v) is 3.61. The van der Waals surface area contributed by atoms with E-state index < -0.39 is 0 Å². The van der Waals surface area contributed by atoms with Crippen LogP contribution in [0.3, 0.4) is 0 Å². The first-order valence-corrected chi connectivity index (χ1v) is 5.21. The van der Waals surface area contributed by atoms with E-state index in [1.165, 1.54) is 12.8 Å². The van der Waals surface area contributed by atoms with Crippen molar-refractivity contribution in [2.24, 2.45) is 5.92 Å². The molecule has 1 N–H and O–H groups in total. The van der Waals surface area contributed by atoms with Crippen molar-refractivity contribution in [3.05, 3.63) is 0 Å². The fraction of sp³-hybridized carbons (Fsp3) is 1.00. The summed E-state index contributed by atoms with van der Waals surface area (Å²) in [5.74, 6) is 0.781. The van der Waals surface area contributed by atoms with Gasteiger partial charge in [0.25, 0.3) is 0 Å². The lowest BCUT2D eigenvalue weighted by Crippen LogP contribution is -2.30. The van der Waals surface area contributed by atoms with Crippen molar-refractivity contribution in [3.8, 4) is 0 Å². The Kier molecular flexibility index (Phi) is 6.15. The third-order valence-electron chi connectivity index (χ3n) is 2.45. The highest BCUT2D eigenvalue weighted by Gasteiger charge is 2.12. The molecular weight excluding hydrogens is 166 g/mol. The third-order valence-corrected chi connectivity index (χ3v) is 2.45. The molecule has 1 rings (SSSR count). The summed E-state index contributed by atoms with van der Waals surface area (Å²) in [7, 11) is 1.73. The van der Waals surface area contributed by atoms with Crippen LogP contribution < -0.4 is 5.32 Å². The fourth-order valence-corrected chi connectivity index (χ4v) is 1.60. The van der Waals surface area contributed by atoms with Gasteiger partial charge < -0.3 is 14.8 Å². The topological polar surface area (TPSA) is 30.5 Å². The van der Waals surface area contributed by atoms with E-state index in [9.17, 15) is 0 Å². The van der Waals surface area contributed by atoms with Crippen molar-refractivity contribution >= 4 is 0 Å². The van der Waals surface area contributed by atoms with E-state index >= 15 is 0 Å². The fourth-order valence-electron chi connectivity index (χ4n) is 1.60. The zero-order valence-electron chi connectivity index (χ0n) is 8.55. The van der Waals surface area contributed by atoms with Gasteiger partial charge >= 0.3 is 0 Å². The Bertz CT molecular complexity index is 113. The lowest BCUT2D eigenvalue weighted by Gasteiger charge is -2.22. The molecule has 78 valence electrons. The Labute approximate surface area is 80.8 Å². The smallest absolute Gasteiger partial charge is 0.0495 e. The number of rotatable bonds is 6. The zero-order chi connectivity index (χ0) is 9.36. The minimum Gasteiger partial charge on any atom is -0.385 e. The largest absolute Gasteiger partial charge is 0.385 e. The summed E-state index contributed by atoms with van der Waals surface area (Å²) in [4.78, 5) is 0. The van der Waals surface area contributed by atoms with Gasteiger partial charge in [0.1, 0.15) is 0 Å². The highest BCUT2D eigenvalue weighted by Crippen LogP contribution is 2.11. The molecule has 0 aliphatic carbocycles. The summed E-state index contributed by atoms with van der Waals surface area (Å²) in [5, 5.41) is 3.35. The van der Waals surface area contributed by atoms with Gasteiger partial charge in [-0.1, -0.05) is 0 Å². The minimum atomic E-state index is 0.781. The summed E-state index contributed by atoms with van der Waals surface area (Å²) in [5.41, 5.74) is 0. The molecule has 0 spiro atoms. The average Bonchev–Trinajstić information content (AvgIpc) is 2.19. The first kappa shape index (κ1) is 11.0. The molecule has 0 atom stereocenters. The molecule has 1 aliphatic rings. The molecule has 0 aromatic carbocycles. The molecule has 1 fully saturated rings. The molecule has 1 aliphatic heterocycles. The van der Waals surface area contributed by atoms with Crippen LogP contribution in [-0.4, -0.2) is 40.0 Å². The van der Waals surface area contributed by atoms with E-state index in [0.717, 1.165) is 45.2 Å². The third kappa shape index (κ3) is 5.24. The maximum absolute atomic E-state index is 5.57. The van der Waals surface area contributed by atoms with Gasteiger partial charge in [0, 0.05) is 26.9 Å². The Hall–Kier alpha value is -0.120. The van der Waals surface area contributed by atoms with Crippen LogP contribution in [0.2, 0.25) is 0 Å². The monoisotopic (exact) mass is 187 g/mol. The maximum atomic E-state index is 5.57. The van der Waals surface area contributed by atoms with E-state index in [1.807, 2.05) is 0 Å². The molecule has 13 heavy (non-hydrogen) atoms. The molecule has 1 saturated heterocycles. The molecule has 0 aromatic rings. The SMILES string of the molecule is COCCCOCC1CCNCC1. The summed E-state index contributed by atoms with van der Waals surface area (Å²) in [6.45, 7) is 4.91. The number of ether oxygens (including phenoxy) is 2. The Morgan fingerprint density at radius 1 is 1.23 bits per heavy atom. The van der Waals surface area contributed by atoms with E-state index in [2.05, 4.69) is 5.32 Å². The van der Waals surface area contributed by atoms with Crippen LogP contribution in [0.15, 0.2) is 0 Å². The normalized spacial score (nSPS) is 19.2. The van der Waals surface area contributed by atoms with Crippen molar-refractivity contribution in [1.29, 1.82) is 0 Å². The molecule has 0 bridgehead atoms. The van der Waals surface area contributed by atoms with Crippen molar-refractivity contribution in [1.82, 2.24) is 5.32 Å². The second-order valence-electron chi connectivity index (χ2n) is 3.61. The Morgan fingerprint density at radius 2 is 2.00 bits per heavy atom. The van der Waals surface area contributed by atoms with Crippen molar-refractivity contribution < 1.29 is 9.47 Å². The van der Waals surface area contributed by atoms with E-state index in [4.69, 9.17) is 9.47 Å². The number of nitrogens with one attached hydrogen (secondary N) is 1. The van der Waals surface area contributed by atoms with Gasteiger partial charge in [-0.25, -0.2) is 0 Å². The van der Waals surface area contributed by atoms with Crippen molar-refractivity contribution in [2.45, 2.75) is 19.3 Å². The molecule has 0 radical (unpaired) electrons. The van der Waals surface area contributed by atoms with Crippen LogP contribution in [-0.2, 0) is 9.47 Å². The van der Waals surface area contributed by atoms with Crippen molar-refractivity contribution in [3.63, 3.8) is 0 Å². The van der Waals surface area contributed by atoms with Crippen LogP contribution >= 0.6 is 0 Å². The van der Waals surface area contributed by atoms with Gasteiger partial charge in [-0.05, 0) is 38.3 Å². The van der Waals surface area contributed by atoms with E-state index in [0.29, 0.717) is 0 Å². The summed E-state index contributed by atoms with van der Waals surface area (Å²) >= 11 is 0. The Balaban J connectivity index is 1.86. The molecule has 1 heterocycles. The Morgan fingerprint density at radius 3 is 2.69 bits per heavy atom. The molecule has 0 aromatic heterocycles. The predicted octanol–water partition coefficient (Wildman–Crippen LogP) is 1.04. The first-order valence-electron chi connectivity index (χ1n) is 5.21. The van der Waals surface area contributed by atoms with E-state index in [1.54, 1.807) is 7.11 Å². The highest BCUT2D eigenvalue weighted by atomic mass is 16.5. The minimum absolute atomic E-state index is 0.781.